The zero-order valence-corrected chi connectivity index (χ0v) is 14.6. The van der Waals surface area contributed by atoms with Crippen LogP contribution in [0.15, 0.2) is 36.7 Å². The predicted octanol–water partition coefficient (Wildman–Crippen LogP) is 4.10. The molecule has 0 aliphatic rings. The lowest BCUT2D eigenvalue weighted by Gasteiger charge is -2.11. The number of ether oxygens (including phenoxy) is 2. The molecule has 0 aliphatic carbocycles. The van der Waals surface area contributed by atoms with Gasteiger partial charge in [-0.1, -0.05) is 11.6 Å². The van der Waals surface area contributed by atoms with Crippen molar-refractivity contribution in [2.24, 2.45) is 0 Å². The second-order valence-corrected chi connectivity index (χ2v) is 5.39. The highest BCUT2D eigenvalue weighted by molar-refractivity contribution is 6.32. The quantitative estimate of drug-likeness (QED) is 0.800. The summed E-state index contributed by atoms with van der Waals surface area (Å²) in [4.78, 5) is 16.0. The van der Waals surface area contributed by atoms with Gasteiger partial charge in [0.1, 0.15) is 0 Å². The first-order valence-electron chi connectivity index (χ1n) is 7.45. The largest absolute Gasteiger partial charge is 0.493 e. The maximum Gasteiger partial charge on any atom is 0.248 e. The minimum Gasteiger partial charge on any atom is -0.493 e. The lowest BCUT2D eigenvalue weighted by atomic mass is 10.2. The average Bonchev–Trinajstić information content (AvgIpc) is 2.57. The molecule has 6 heteroatoms. The Labute approximate surface area is 146 Å². The lowest BCUT2D eigenvalue weighted by molar-refractivity contribution is -0.111. The number of aromatic nitrogens is 1. The summed E-state index contributed by atoms with van der Waals surface area (Å²) < 4.78 is 10.7. The van der Waals surface area contributed by atoms with Crippen LogP contribution in [0.4, 0.5) is 5.69 Å². The molecule has 0 saturated carbocycles. The van der Waals surface area contributed by atoms with E-state index in [9.17, 15) is 4.79 Å². The Hall–Kier alpha value is -2.53. The molecule has 0 aliphatic heterocycles. The first kappa shape index (κ1) is 17.8. The minimum atomic E-state index is -0.255. The number of benzene rings is 1. The Bertz CT molecular complexity index is 760. The molecule has 0 saturated heterocycles. The number of aryl methyl sites for hydroxylation is 1. The summed E-state index contributed by atoms with van der Waals surface area (Å²) in [6.45, 7) is 4.25. The maximum atomic E-state index is 12.0. The van der Waals surface area contributed by atoms with E-state index in [0.717, 1.165) is 11.1 Å². The number of pyridine rings is 1. The molecule has 1 amide bonds. The van der Waals surface area contributed by atoms with Gasteiger partial charge in [-0.2, -0.15) is 0 Å². The van der Waals surface area contributed by atoms with Crippen LogP contribution in [-0.4, -0.2) is 24.6 Å². The van der Waals surface area contributed by atoms with Crippen molar-refractivity contribution < 1.29 is 14.3 Å². The summed E-state index contributed by atoms with van der Waals surface area (Å²) in [7, 11) is 1.54. The highest BCUT2D eigenvalue weighted by Crippen LogP contribution is 2.36. The number of nitrogens with zero attached hydrogens (tertiary/aromatic N) is 1. The van der Waals surface area contributed by atoms with E-state index in [1.54, 1.807) is 37.7 Å². The summed E-state index contributed by atoms with van der Waals surface area (Å²) in [5.41, 5.74) is 2.35. The van der Waals surface area contributed by atoms with E-state index in [-0.39, 0.29) is 5.91 Å². The summed E-state index contributed by atoms with van der Waals surface area (Å²) in [6.07, 6.45) is 6.37. The van der Waals surface area contributed by atoms with Crippen LogP contribution in [0.1, 0.15) is 18.1 Å². The van der Waals surface area contributed by atoms with Gasteiger partial charge in [0.25, 0.3) is 0 Å². The van der Waals surface area contributed by atoms with Crippen molar-refractivity contribution in [3.8, 4) is 11.5 Å². The third kappa shape index (κ3) is 4.49. The van der Waals surface area contributed by atoms with Crippen molar-refractivity contribution in [1.82, 2.24) is 4.98 Å². The number of halogens is 1. The molecule has 0 bridgehead atoms. The molecule has 2 rings (SSSR count). The fraction of sp³-hybridized carbons (Fsp3) is 0.222. The number of amides is 1. The molecule has 0 fully saturated rings. The summed E-state index contributed by atoms with van der Waals surface area (Å²) in [5.74, 6) is 0.761. The SMILES string of the molecule is CCOc1c(Cl)cc(/C=C/C(=O)Nc2cnccc2C)cc1OC. The molecule has 0 spiro atoms. The normalized spacial score (nSPS) is 10.7. The van der Waals surface area contributed by atoms with E-state index in [1.807, 2.05) is 19.9 Å². The Morgan fingerprint density at radius 3 is 2.88 bits per heavy atom. The highest BCUT2D eigenvalue weighted by atomic mass is 35.5. The van der Waals surface area contributed by atoms with Gasteiger partial charge in [0.15, 0.2) is 11.5 Å². The van der Waals surface area contributed by atoms with Crippen LogP contribution in [0, 0.1) is 6.92 Å². The molecule has 1 aromatic carbocycles. The molecule has 5 nitrogen and oxygen atoms in total. The standard InChI is InChI=1S/C18H19ClN2O3/c1-4-24-18-14(19)9-13(10-16(18)23-3)5-6-17(22)21-15-11-20-8-7-12(15)2/h5-11H,4H2,1-3H3,(H,21,22)/b6-5+. The monoisotopic (exact) mass is 346 g/mol. The Morgan fingerprint density at radius 2 is 2.21 bits per heavy atom. The number of methoxy groups -OCH3 is 1. The first-order chi connectivity index (χ1) is 11.5. The maximum absolute atomic E-state index is 12.0. The van der Waals surface area contributed by atoms with Crippen LogP contribution in [0.3, 0.4) is 0 Å². The van der Waals surface area contributed by atoms with Gasteiger partial charge in [-0.05, 0) is 49.2 Å². The summed E-state index contributed by atoms with van der Waals surface area (Å²) in [6, 6.07) is 5.31. The molecular formula is C18H19ClN2O3. The van der Waals surface area contributed by atoms with E-state index in [2.05, 4.69) is 10.3 Å². The van der Waals surface area contributed by atoms with Crippen LogP contribution >= 0.6 is 11.6 Å². The summed E-state index contributed by atoms with van der Waals surface area (Å²) in [5, 5.41) is 3.21. The van der Waals surface area contributed by atoms with Gasteiger partial charge in [-0.3, -0.25) is 9.78 Å². The number of rotatable bonds is 6. The minimum absolute atomic E-state index is 0.255. The van der Waals surface area contributed by atoms with Gasteiger partial charge in [0.05, 0.1) is 30.6 Å². The van der Waals surface area contributed by atoms with Crippen molar-refractivity contribution in [2.45, 2.75) is 13.8 Å². The van der Waals surface area contributed by atoms with Crippen LogP contribution in [0.25, 0.3) is 6.08 Å². The second-order valence-electron chi connectivity index (χ2n) is 4.98. The number of carbonyl (C=O) groups excluding carboxylic acids is 1. The van der Waals surface area contributed by atoms with Gasteiger partial charge in [-0.25, -0.2) is 0 Å². The van der Waals surface area contributed by atoms with Gasteiger partial charge in [-0.15, -0.1) is 0 Å². The molecule has 0 radical (unpaired) electrons. The van der Waals surface area contributed by atoms with Crippen molar-refractivity contribution in [3.63, 3.8) is 0 Å². The topological polar surface area (TPSA) is 60.5 Å². The molecule has 1 heterocycles. The molecule has 24 heavy (non-hydrogen) atoms. The number of anilines is 1. The Morgan fingerprint density at radius 1 is 1.42 bits per heavy atom. The second kappa shape index (κ2) is 8.36. The molecule has 1 N–H and O–H groups in total. The van der Waals surface area contributed by atoms with E-state index < -0.39 is 0 Å². The molecule has 2 aromatic rings. The molecule has 0 unspecified atom stereocenters. The van der Waals surface area contributed by atoms with Gasteiger partial charge >= 0.3 is 0 Å². The third-order valence-electron chi connectivity index (χ3n) is 3.26. The van der Waals surface area contributed by atoms with Crippen LogP contribution in [-0.2, 0) is 4.79 Å². The van der Waals surface area contributed by atoms with Crippen LogP contribution in [0.5, 0.6) is 11.5 Å². The molecule has 0 atom stereocenters. The Balaban J connectivity index is 2.15. The van der Waals surface area contributed by atoms with E-state index in [1.165, 1.54) is 6.08 Å². The van der Waals surface area contributed by atoms with E-state index in [4.69, 9.17) is 21.1 Å². The number of nitrogens with one attached hydrogen (secondary N) is 1. The van der Waals surface area contributed by atoms with Crippen molar-refractivity contribution in [2.75, 3.05) is 19.0 Å². The number of hydrogen-bond donors (Lipinski definition) is 1. The number of carbonyl (C=O) groups is 1. The van der Waals surface area contributed by atoms with E-state index >= 15 is 0 Å². The zero-order chi connectivity index (χ0) is 17.5. The van der Waals surface area contributed by atoms with Crippen molar-refractivity contribution >= 4 is 29.3 Å². The van der Waals surface area contributed by atoms with Gasteiger partial charge in [0.2, 0.25) is 5.91 Å². The van der Waals surface area contributed by atoms with Crippen molar-refractivity contribution in [1.29, 1.82) is 0 Å². The molecule has 1 aromatic heterocycles. The third-order valence-corrected chi connectivity index (χ3v) is 3.55. The molecule has 126 valence electrons. The summed E-state index contributed by atoms with van der Waals surface area (Å²) >= 11 is 6.21. The van der Waals surface area contributed by atoms with Gasteiger partial charge in [0, 0.05) is 12.3 Å². The zero-order valence-electron chi connectivity index (χ0n) is 13.8. The highest BCUT2D eigenvalue weighted by Gasteiger charge is 2.10. The lowest BCUT2D eigenvalue weighted by Crippen LogP contribution is -2.09. The van der Waals surface area contributed by atoms with E-state index in [0.29, 0.717) is 28.8 Å². The Kier molecular flexibility index (Phi) is 6.21. The fourth-order valence-electron chi connectivity index (χ4n) is 2.06. The average molecular weight is 347 g/mol. The van der Waals surface area contributed by atoms with Gasteiger partial charge < -0.3 is 14.8 Å². The molecular weight excluding hydrogens is 328 g/mol. The van der Waals surface area contributed by atoms with Crippen LogP contribution in [0.2, 0.25) is 5.02 Å². The first-order valence-corrected chi connectivity index (χ1v) is 7.83. The van der Waals surface area contributed by atoms with Crippen molar-refractivity contribution in [3.05, 3.63) is 52.8 Å². The fourth-order valence-corrected chi connectivity index (χ4v) is 2.34. The smallest absolute Gasteiger partial charge is 0.248 e. The number of hydrogen-bond acceptors (Lipinski definition) is 4. The predicted molar refractivity (Wildman–Crippen MR) is 95.8 cm³/mol. The van der Waals surface area contributed by atoms with Crippen LogP contribution < -0.4 is 14.8 Å².